The highest BCUT2D eigenvalue weighted by Gasteiger charge is 2.17. The molecule has 142 valence electrons. The van der Waals surface area contributed by atoms with Gasteiger partial charge in [-0.25, -0.2) is 4.98 Å². The fourth-order valence-electron chi connectivity index (χ4n) is 2.57. The highest BCUT2D eigenvalue weighted by Crippen LogP contribution is 2.10. The van der Waals surface area contributed by atoms with Crippen LogP contribution in [0, 0.1) is 0 Å². The van der Waals surface area contributed by atoms with Crippen molar-refractivity contribution in [2.24, 2.45) is 5.73 Å². The normalized spacial score (nSPS) is 14.9. The maximum absolute atomic E-state index is 10.6. The Kier molecular flexibility index (Phi) is 7.86. The molecule has 3 atom stereocenters. The van der Waals surface area contributed by atoms with Crippen molar-refractivity contribution in [3.8, 4) is 0 Å². The number of carbonyl (C=O) groups is 1. The van der Waals surface area contributed by atoms with Gasteiger partial charge < -0.3 is 26.4 Å². The van der Waals surface area contributed by atoms with Crippen molar-refractivity contribution in [2.45, 2.75) is 43.9 Å². The number of fused-ring (bicyclic) bond motifs is 1. The van der Waals surface area contributed by atoms with Crippen LogP contribution in [0.1, 0.15) is 25.0 Å². The van der Waals surface area contributed by atoms with Crippen LogP contribution in [-0.4, -0.2) is 62.6 Å². The summed E-state index contributed by atoms with van der Waals surface area (Å²) in [5, 5.41) is 31.9. The third kappa shape index (κ3) is 6.30. The van der Waals surface area contributed by atoms with Crippen LogP contribution >= 0.6 is 0 Å². The minimum absolute atomic E-state index is 0.216. The number of rotatable bonds is 11. The lowest BCUT2D eigenvalue weighted by Gasteiger charge is -2.18. The number of hydrogen-bond acceptors (Lipinski definition) is 7. The van der Waals surface area contributed by atoms with Gasteiger partial charge in [-0.3, -0.25) is 9.78 Å². The summed E-state index contributed by atoms with van der Waals surface area (Å²) in [5.41, 5.74) is 7.59. The van der Waals surface area contributed by atoms with E-state index in [1.807, 2.05) is 24.3 Å². The molecule has 1 heterocycles. The SMILES string of the molecule is N[C@@H](CCCCN[13CH2][C@H](O)[C@H](O)Cc1cnc2ccccc2n1)C(=O)O. The second-order valence-electron chi connectivity index (χ2n) is 6.33. The van der Waals surface area contributed by atoms with Gasteiger partial charge in [-0.15, -0.1) is 0 Å². The summed E-state index contributed by atoms with van der Waals surface area (Å²) in [6.45, 7) is 0.860. The van der Waals surface area contributed by atoms with E-state index in [1.165, 1.54) is 0 Å². The zero-order chi connectivity index (χ0) is 18.9. The molecule has 26 heavy (non-hydrogen) atoms. The summed E-state index contributed by atoms with van der Waals surface area (Å²) in [7, 11) is 0. The number of benzene rings is 1. The summed E-state index contributed by atoms with van der Waals surface area (Å²) >= 11 is 0. The fraction of sp³-hybridized carbons (Fsp3) is 0.500. The molecule has 1 aromatic heterocycles. The Hall–Kier alpha value is -2.13. The molecule has 6 N–H and O–H groups in total. The second kappa shape index (κ2) is 10.1. The Labute approximate surface area is 152 Å². The number of nitrogens with zero attached hydrogens (tertiary/aromatic N) is 2. The summed E-state index contributed by atoms with van der Waals surface area (Å²) < 4.78 is 0. The molecule has 0 bridgehead atoms. The number of para-hydroxylation sites is 2. The largest absolute Gasteiger partial charge is 0.480 e. The zero-order valence-corrected chi connectivity index (χ0v) is 14.6. The van der Waals surface area contributed by atoms with Crippen LogP contribution in [0.25, 0.3) is 11.0 Å². The van der Waals surface area contributed by atoms with Crippen LogP contribution in [0.3, 0.4) is 0 Å². The van der Waals surface area contributed by atoms with E-state index >= 15 is 0 Å². The van der Waals surface area contributed by atoms with E-state index in [2.05, 4.69) is 15.3 Å². The Bertz CT molecular complexity index is 712. The third-order valence-electron chi connectivity index (χ3n) is 4.15. The number of nitrogens with two attached hydrogens (primary N) is 1. The van der Waals surface area contributed by atoms with Crippen molar-refractivity contribution in [1.29, 1.82) is 0 Å². The van der Waals surface area contributed by atoms with E-state index in [0.29, 0.717) is 25.1 Å². The van der Waals surface area contributed by atoms with Crippen molar-refractivity contribution in [2.75, 3.05) is 13.1 Å². The average Bonchev–Trinajstić information content (AvgIpc) is 2.63. The number of aliphatic hydroxyl groups is 2. The van der Waals surface area contributed by atoms with E-state index in [-0.39, 0.29) is 13.0 Å². The van der Waals surface area contributed by atoms with E-state index in [4.69, 9.17) is 10.8 Å². The average molecular weight is 363 g/mol. The van der Waals surface area contributed by atoms with Crippen molar-refractivity contribution < 1.29 is 20.1 Å². The molecule has 0 spiro atoms. The number of aliphatic hydroxyl groups excluding tert-OH is 2. The van der Waals surface area contributed by atoms with Crippen molar-refractivity contribution in [3.05, 3.63) is 36.2 Å². The highest BCUT2D eigenvalue weighted by atomic mass is 16.4. The molecule has 0 saturated heterocycles. The van der Waals surface area contributed by atoms with Gasteiger partial charge in [0.25, 0.3) is 0 Å². The molecule has 2 aromatic rings. The first-order valence-electron chi connectivity index (χ1n) is 8.73. The van der Waals surface area contributed by atoms with Crippen LogP contribution in [0.2, 0.25) is 0 Å². The lowest BCUT2D eigenvalue weighted by molar-refractivity contribution is -0.138. The molecular formula is C18H26N4O4. The molecule has 2 rings (SSSR count). The number of aliphatic carboxylic acids is 1. The van der Waals surface area contributed by atoms with E-state index in [0.717, 1.165) is 17.5 Å². The van der Waals surface area contributed by atoms with Crippen molar-refractivity contribution in [1.82, 2.24) is 15.3 Å². The molecule has 0 fully saturated rings. The van der Waals surface area contributed by atoms with Crippen LogP contribution in [0.5, 0.6) is 0 Å². The minimum Gasteiger partial charge on any atom is -0.480 e. The standard InChI is InChI=1S/C18H26N4O4/c19-13(18(25)26)5-3-4-8-20-11-17(24)16(23)9-12-10-21-14-6-1-2-7-15(14)22-12/h1-2,6-7,10,13,16-17,20,23-24H,3-5,8-9,11,19H2,(H,25,26)/t13-,16+,17-/m0/s1/i11+1. The smallest absolute Gasteiger partial charge is 0.320 e. The van der Waals surface area contributed by atoms with Gasteiger partial charge in [-0.1, -0.05) is 18.6 Å². The molecule has 0 aliphatic heterocycles. The van der Waals surface area contributed by atoms with Gasteiger partial charge in [0.05, 0.1) is 28.9 Å². The molecule has 8 nitrogen and oxygen atoms in total. The first kappa shape index (κ1) is 20.2. The molecular weight excluding hydrogens is 337 g/mol. The fourth-order valence-corrected chi connectivity index (χ4v) is 2.57. The monoisotopic (exact) mass is 363 g/mol. The molecule has 0 aliphatic rings. The van der Waals surface area contributed by atoms with Crippen LogP contribution in [0.4, 0.5) is 0 Å². The Morgan fingerprint density at radius 1 is 1.15 bits per heavy atom. The summed E-state index contributed by atoms with van der Waals surface area (Å²) in [4.78, 5) is 19.3. The highest BCUT2D eigenvalue weighted by molar-refractivity contribution is 5.73. The minimum atomic E-state index is -0.992. The van der Waals surface area contributed by atoms with Gasteiger partial charge in [0.1, 0.15) is 6.04 Å². The summed E-state index contributed by atoms with van der Waals surface area (Å²) in [5.74, 6) is -0.992. The summed E-state index contributed by atoms with van der Waals surface area (Å²) in [6, 6.07) is 6.65. The first-order chi connectivity index (χ1) is 12.5. The Morgan fingerprint density at radius 2 is 1.88 bits per heavy atom. The van der Waals surface area contributed by atoms with Crippen LogP contribution in [0.15, 0.2) is 30.5 Å². The van der Waals surface area contributed by atoms with Gasteiger partial charge in [0, 0.05) is 19.2 Å². The van der Waals surface area contributed by atoms with Crippen molar-refractivity contribution in [3.63, 3.8) is 0 Å². The molecule has 0 amide bonds. The second-order valence-corrected chi connectivity index (χ2v) is 6.33. The maximum Gasteiger partial charge on any atom is 0.320 e. The van der Waals surface area contributed by atoms with Gasteiger partial charge in [0.15, 0.2) is 0 Å². The Morgan fingerprint density at radius 3 is 2.62 bits per heavy atom. The van der Waals surface area contributed by atoms with E-state index < -0.39 is 24.2 Å². The summed E-state index contributed by atoms with van der Waals surface area (Å²) in [6.07, 6.45) is 1.81. The van der Waals surface area contributed by atoms with Crippen LogP contribution in [-0.2, 0) is 11.2 Å². The number of carboxylic acid groups (broad SMARTS) is 1. The van der Waals surface area contributed by atoms with Gasteiger partial charge >= 0.3 is 5.97 Å². The first-order valence-corrected chi connectivity index (χ1v) is 8.73. The number of aromatic nitrogens is 2. The molecule has 1 aromatic carbocycles. The van der Waals surface area contributed by atoms with Gasteiger partial charge in [-0.2, -0.15) is 0 Å². The third-order valence-corrected chi connectivity index (χ3v) is 4.15. The number of nitrogens with one attached hydrogen (secondary N) is 1. The molecule has 8 heteroatoms. The Balaban J connectivity index is 1.68. The maximum atomic E-state index is 10.6. The number of hydrogen-bond donors (Lipinski definition) is 5. The number of unbranched alkanes of at least 4 members (excludes halogenated alkanes) is 1. The number of carboxylic acids is 1. The lowest BCUT2D eigenvalue weighted by atomic mass is 10.1. The molecule has 0 saturated carbocycles. The van der Waals surface area contributed by atoms with Crippen LogP contribution < -0.4 is 11.1 Å². The molecule has 0 radical (unpaired) electrons. The molecule has 0 unspecified atom stereocenters. The van der Waals surface area contributed by atoms with Crippen molar-refractivity contribution >= 4 is 17.0 Å². The molecule has 0 aliphatic carbocycles. The van der Waals surface area contributed by atoms with Gasteiger partial charge in [-0.05, 0) is 31.5 Å². The zero-order valence-electron chi connectivity index (χ0n) is 14.6. The topological polar surface area (TPSA) is 142 Å². The predicted molar refractivity (Wildman–Crippen MR) is 97.6 cm³/mol. The van der Waals surface area contributed by atoms with E-state index in [1.54, 1.807) is 6.20 Å². The lowest BCUT2D eigenvalue weighted by Crippen LogP contribution is -2.38. The predicted octanol–water partition coefficient (Wildman–Crippen LogP) is 0.0659. The van der Waals surface area contributed by atoms with Gasteiger partial charge in [0.2, 0.25) is 0 Å². The van der Waals surface area contributed by atoms with E-state index in [9.17, 15) is 15.0 Å². The quantitative estimate of drug-likeness (QED) is 0.279.